The lowest BCUT2D eigenvalue weighted by atomic mass is 9.86. The zero-order chi connectivity index (χ0) is 19.9. The summed E-state index contributed by atoms with van der Waals surface area (Å²) in [5.74, 6) is 0.846. The van der Waals surface area contributed by atoms with Crippen LogP contribution in [-0.4, -0.2) is 43.6 Å². The third kappa shape index (κ3) is 5.37. The smallest absolute Gasteiger partial charge is 0.347 e. The number of carbonyl (C=O) groups is 2. The molecule has 0 bridgehead atoms. The summed E-state index contributed by atoms with van der Waals surface area (Å²) in [5.41, 5.74) is 1.37. The van der Waals surface area contributed by atoms with E-state index in [1.165, 1.54) is 6.42 Å². The van der Waals surface area contributed by atoms with Gasteiger partial charge in [0.1, 0.15) is 0 Å². The average Bonchev–Trinajstić information content (AvgIpc) is 3.16. The first-order valence-corrected chi connectivity index (χ1v) is 9.54. The first kappa shape index (κ1) is 20.0. The molecule has 1 amide bonds. The monoisotopic (exact) mass is 390 g/mol. The van der Waals surface area contributed by atoms with Crippen LogP contribution in [0.4, 0.5) is 0 Å². The number of nitrogens with zero attached hydrogens (tertiary/aromatic N) is 1. The molecule has 152 valence electrons. The Kier molecular flexibility index (Phi) is 6.73. The average molecular weight is 390 g/mol. The van der Waals surface area contributed by atoms with E-state index in [-0.39, 0.29) is 32.0 Å². The van der Waals surface area contributed by atoms with E-state index >= 15 is 0 Å². The fraction of sp³-hybridized carbons (Fsp3) is 0.550. The van der Waals surface area contributed by atoms with Gasteiger partial charge in [0.2, 0.25) is 13.4 Å². The van der Waals surface area contributed by atoms with Gasteiger partial charge in [-0.15, -0.1) is 0 Å². The molecular formula is C20H26N2O6. The minimum atomic E-state index is -0.644. The van der Waals surface area contributed by atoms with Crippen molar-refractivity contribution < 1.29 is 28.6 Å². The van der Waals surface area contributed by atoms with E-state index in [1.54, 1.807) is 19.1 Å². The highest BCUT2D eigenvalue weighted by Gasteiger charge is 2.23. The molecule has 8 heteroatoms. The van der Waals surface area contributed by atoms with Crippen molar-refractivity contribution in [3.8, 4) is 11.5 Å². The minimum absolute atomic E-state index is 0.158. The summed E-state index contributed by atoms with van der Waals surface area (Å²) in [4.78, 5) is 28.7. The Labute approximate surface area is 164 Å². The van der Waals surface area contributed by atoms with Crippen LogP contribution in [-0.2, 0) is 19.2 Å². The molecule has 1 N–H and O–H groups in total. The van der Waals surface area contributed by atoms with Crippen LogP contribution in [0.5, 0.6) is 11.5 Å². The molecule has 1 aromatic carbocycles. The van der Waals surface area contributed by atoms with Gasteiger partial charge in [-0.3, -0.25) is 4.79 Å². The largest absolute Gasteiger partial charge is 0.454 e. The maximum Gasteiger partial charge on any atom is 0.347 e. The molecule has 8 nitrogen and oxygen atoms in total. The van der Waals surface area contributed by atoms with Gasteiger partial charge in [0.25, 0.3) is 5.91 Å². The van der Waals surface area contributed by atoms with Crippen molar-refractivity contribution in [2.45, 2.75) is 45.6 Å². The molecule has 1 aliphatic carbocycles. The summed E-state index contributed by atoms with van der Waals surface area (Å²) in [6.45, 7) is 3.40. The number of nitrogens with one attached hydrogen (secondary N) is 1. The Balaban J connectivity index is 1.38. The van der Waals surface area contributed by atoms with E-state index in [1.807, 2.05) is 6.07 Å². The fourth-order valence-corrected chi connectivity index (χ4v) is 3.32. The molecule has 1 heterocycles. The van der Waals surface area contributed by atoms with Crippen LogP contribution in [0, 0.1) is 5.92 Å². The SMILES string of the molecule is C/C(=N/OCC(=O)OCC(=O)N[C@H]1CCCC[C@H]1C)c1ccc2c(c1)OCO2. The van der Waals surface area contributed by atoms with E-state index in [9.17, 15) is 9.59 Å². The number of rotatable bonds is 7. The van der Waals surface area contributed by atoms with Gasteiger partial charge in [-0.1, -0.05) is 24.9 Å². The molecule has 1 saturated carbocycles. The molecule has 1 aromatic rings. The van der Waals surface area contributed by atoms with Gasteiger partial charge in [-0.25, -0.2) is 4.79 Å². The van der Waals surface area contributed by atoms with Crippen molar-refractivity contribution in [1.82, 2.24) is 5.32 Å². The normalized spacial score (nSPS) is 21.1. The number of hydrogen-bond acceptors (Lipinski definition) is 7. The molecule has 1 fully saturated rings. The molecule has 2 atom stereocenters. The van der Waals surface area contributed by atoms with Crippen LogP contribution in [0.25, 0.3) is 0 Å². The first-order valence-electron chi connectivity index (χ1n) is 9.54. The van der Waals surface area contributed by atoms with Crippen molar-refractivity contribution in [1.29, 1.82) is 0 Å². The third-order valence-corrected chi connectivity index (χ3v) is 5.00. The molecule has 0 spiro atoms. The highest BCUT2D eigenvalue weighted by atomic mass is 16.7. The van der Waals surface area contributed by atoms with Crippen LogP contribution < -0.4 is 14.8 Å². The topological polar surface area (TPSA) is 95.5 Å². The van der Waals surface area contributed by atoms with Gasteiger partial charge in [0.15, 0.2) is 18.1 Å². The van der Waals surface area contributed by atoms with Crippen molar-refractivity contribution >= 4 is 17.6 Å². The number of benzene rings is 1. The first-order chi connectivity index (χ1) is 13.5. The second-order valence-electron chi connectivity index (χ2n) is 7.11. The molecule has 0 aromatic heterocycles. The lowest BCUT2D eigenvalue weighted by Gasteiger charge is -2.29. The summed E-state index contributed by atoms with van der Waals surface area (Å²) < 4.78 is 15.5. The van der Waals surface area contributed by atoms with Crippen LogP contribution in [0.15, 0.2) is 23.4 Å². The van der Waals surface area contributed by atoms with Gasteiger partial charge in [0, 0.05) is 11.6 Å². The second kappa shape index (κ2) is 9.43. The summed E-state index contributed by atoms with van der Waals surface area (Å²) in [6, 6.07) is 5.56. The zero-order valence-corrected chi connectivity index (χ0v) is 16.2. The van der Waals surface area contributed by atoms with Crippen molar-refractivity contribution in [2.75, 3.05) is 20.0 Å². The van der Waals surface area contributed by atoms with E-state index in [0.29, 0.717) is 23.1 Å². The molecule has 1 aliphatic heterocycles. The van der Waals surface area contributed by atoms with E-state index in [4.69, 9.17) is 19.0 Å². The zero-order valence-electron chi connectivity index (χ0n) is 16.2. The number of amides is 1. The second-order valence-corrected chi connectivity index (χ2v) is 7.11. The molecule has 28 heavy (non-hydrogen) atoms. The maximum atomic E-state index is 11.9. The molecular weight excluding hydrogens is 364 g/mol. The quantitative estimate of drug-likeness (QED) is 0.436. The fourth-order valence-electron chi connectivity index (χ4n) is 3.32. The Hall–Kier alpha value is -2.77. The summed E-state index contributed by atoms with van der Waals surface area (Å²) >= 11 is 0. The number of carbonyl (C=O) groups excluding carboxylic acids is 2. The molecule has 0 radical (unpaired) electrons. The van der Waals surface area contributed by atoms with Gasteiger partial charge >= 0.3 is 5.97 Å². The van der Waals surface area contributed by atoms with E-state index in [2.05, 4.69) is 17.4 Å². The molecule has 0 saturated heterocycles. The standard InChI is InChI=1S/C20H26N2O6/c1-13-5-3-4-6-16(13)21-19(23)10-25-20(24)11-28-22-14(2)15-7-8-17-18(9-15)27-12-26-17/h7-9,13,16H,3-6,10-12H2,1-2H3,(H,21,23)/b22-14-/t13-,16+/m1/s1. The van der Waals surface area contributed by atoms with Crippen molar-refractivity contribution in [3.05, 3.63) is 23.8 Å². The van der Waals surface area contributed by atoms with Crippen LogP contribution in [0.2, 0.25) is 0 Å². The number of oxime groups is 1. The summed E-state index contributed by atoms with van der Waals surface area (Å²) in [7, 11) is 0. The van der Waals surface area contributed by atoms with Crippen molar-refractivity contribution in [2.24, 2.45) is 11.1 Å². The van der Waals surface area contributed by atoms with Crippen LogP contribution in [0.1, 0.15) is 45.1 Å². The van der Waals surface area contributed by atoms with Gasteiger partial charge in [-0.2, -0.15) is 0 Å². The Bertz CT molecular complexity index is 748. The lowest BCUT2D eigenvalue weighted by Crippen LogP contribution is -2.43. The molecule has 2 aliphatic rings. The summed E-state index contributed by atoms with van der Waals surface area (Å²) in [5, 5.41) is 6.84. The molecule has 3 rings (SSSR count). The van der Waals surface area contributed by atoms with Gasteiger partial charge in [0.05, 0.1) is 5.71 Å². The van der Waals surface area contributed by atoms with Crippen LogP contribution in [0.3, 0.4) is 0 Å². The minimum Gasteiger partial charge on any atom is -0.454 e. The van der Waals surface area contributed by atoms with E-state index in [0.717, 1.165) is 24.8 Å². The highest BCUT2D eigenvalue weighted by molar-refractivity contribution is 5.99. The summed E-state index contributed by atoms with van der Waals surface area (Å²) in [6.07, 6.45) is 4.40. The van der Waals surface area contributed by atoms with Gasteiger partial charge < -0.3 is 24.4 Å². The Morgan fingerprint density at radius 1 is 1.18 bits per heavy atom. The third-order valence-electron chi connectivity index (χ3n) is 5.00. The predicted molar refractivity (Wildman–Crippen MR) is 101 cm³/mol. The number of fused-ring (bicyclic) bond motifs is 1. The number of hydrogen-bond donors (Lipinski definition) is 1. The Morgan fingerprint density at radius 2 is 1.96 bits per heavy atom. The maximum absolute atomic E-state index is 11.9. The lowest BCUT2D eigenvalue weighted by molar-refractivity contribution is -0.153. The van der Waals surface area contributed by atoms with E-state index < -0.39 is 5.97 Å². The van der Waals surface area contributed by atoms with Gasteiger partial charge in [-0.05, 0) is 43.9 Å². The molecule has 0 unspecified atom stereocenters. The number of ether oxygens (including phenoxy) is 3. The Morgan fingerprint density at radius 3 is 2.79 bits per heavy atom. The van der Waals surface area contributed by atoms with Crippen LogP contribution >= 0.6 is 0 Å². The van der Waals surface area contributed by atoms with Crippen molar-refractivity contribution in [3.63, 3.8) is 0 Å². The number of esters is 1. The predicted octanol–water partition coefficient (Wildman–Crippen LogP) is 2.39. The highest BCUT2D eigenvalue weighted by Crippen LogP contribution is 2.32.